The van der Waals surface area contributed by atoms with E-state index in [1.54, 1.807) is 12.1 Å². The molecule has 3 rings (SSSR count). The summed E-state index contributed by atoms with van der Waals surface area (Å²) in [4.78, 5) is 2.10. The Morgan fingerprint density at radius 3 is 2.19 bits per heavy atom. The van der Waals surface area contributed by atoms with Crippen molar-refractivity contribution in [2.45, 2.75) is 13.3 Å². The van der Waals surface area contributed by atoms with Gasteiger partial charge in [0.15, 0.2) is 0 Å². The molecule has 140 valence electrons. The monoisotopic (exact) mass is 361 g/mol. The fourth-order valence-electron chi connectivity index (χ4n) is 3.18. The lowest BCUT2D eigenvalue weighted by molar-refractivity contribution is 0.261. The molecule has 2 aromatic rings. The third-order valence-electron chi connectivity index (χ3n) is 4.73. The molecule has 2 aromatic carbocycles. The number of phenolic OH excluding ortho intramolecular Hbond substituents is 1. The molecule has 1 aliphatic rings. The minimum Gasteiger partial charge on any atom is -0.508 e. The highest BCUT2D eigenvalue weighted by atomic mass is 16.5. The number of aromatic hydroxyl groups is 1. The molecule has 0 saturated carbocycles. The molecule has 1 aliphatic carbocycles. The van der Waals surface area contributed by atoms with Gasteiger partial charge in [0, 0.05) is 6.54 Å². The van der Waals surface area contributed by atoms with Gasteiger partial charge in [-0.2, -0.15) is 0 Å². The molecule has 0 radical (unpaired) electrons. The van der Waals surface area contributed by atoms with E-state index in [9.17, 15) is 5.11 Å². The van der Waals surface area contributed by atoms with Crippen LogP contribution in [0.3, 0.4) is 0 Å². The Balaban J connectivity index is 1.91. The number of hydrogen-bond donors (Lipinski definition) is 1. The van der Waals surface area contributed by atoms with Crippen molar-refractivity contribution < 1.29 is 9.84 Å². The largest absolute Gasteiger partial charge is 0.508 e. The molecule has 0 bridgehead atoms. The van der Waals surface area contributed by atoms with Crippen LogP contribution in [-0.4, -0.2) is 37.3 Å². The lowest BCUT2D eigenvalue weighted by atomic mass is 9.90. The van der Waals surface area contributed by atoms with Gasteiger partial charge in [-0.3, -0.25) is 0 Å². The number of nitrogens with zero attached hydrogens (tertiary/aromatic N) is 1. The lowest BCUT2D eigenvalue weighted by Crippen LogP contribution is -2.19. The quantitative estimate of drug-likeness (QED) is 0.750. The molecule has 0 aliphatic heterocycles. The van der Waals surface area contributed by atoms with Crippen LogP contribution in [0.25, 0.3) is 5.57 Å². The molecule has 0 aromatic heterocycles. The Labute approximate surface area is 161 Å². The molecule has 0 saturated heterocycles. The zero-order valence-electron chi connectivity index (χ0n) is 16.3. The maximum absolute atomic E-state index is 9.66. The molecule has 1 N–H and O–H groups in total. The third-order valence-corrected chi connectivity index (χ3v) is 4.73. The summed E-state index contributed by atoms with van der Waals surface area (Å²) >= 11 is 0. The Morgan fingerprint density at radius 1 is 1.00 bits per heavy atom. The van der Waals surface area contributed by atoms with Crippen LogP contribution in [0, 0.1) is 0 Å². The summed E-state index contributed by atoms with van der Waals surface area (Å²) in [5.41, 5.74) is 6.01. The van der Waals surface area contributed by atoms with Crippen molar-refractivity contribution in [2.75, 3.05) is 27.2 Å². The van der Waals surface area contributed by atoms with Gasteiger partial charge in [0.1, 0.15) is 18.1 Å². The fourth-order valence-corrected chi connectivity index (χ4v) is 3.18. The van der Waals surface area contributed by atoms with Crippen molar-refractivity contribution in [3.8, 4) is 11.5 Å². The number of allylic oxidation sites excluding steroid dienone is 5. The molecule has 3 heteroatoms. The van der Waals surface area contributed by atoms with E-state index in [1.807, 2.05) is 38.4 Å². The van der Waals surface area contributed by atoms with Crippen molar-refractivity contribution >= 4 is 5.57 Å². The number of benzene rings is 2. The van der Waals surface area contributed by atoms with Crippen LogP contribution in [0.4, 0.5) is 0 Å². The predicted molar refractivity (Wildman–Crippen MR) is 112 cm³/mol. The number of hydrogen-bond acceptors (Lipinski definition) is 3. The second kappa shape index (κ2) is 8.74. The number of rotatable bonds is 7. The van der Waals surface area contributed by atoms with Gasteiger partial charge in [-0.05, 0) is 79.6 Å². The second-order valence-corrected chi connectivity index (χ2v) is 7.05. The van der Waals surface area contributed by atoms with E-state index in [4.69, 9.17) is 4.74 Å². The average molecular weight is 361 g/mol. The van der Waals surface area contributed by atoms with E-state index in [2.05, 4.69) is 42.2 Å². The van der Waals surface area contributed by atoms with Crippen LogP contribution >= 0.6 is 0 Å². The first kappa shape index (κ1) is 19.0. The summed E-state index contributed by atoms with van der Waals surface area (Å²) in [6.45, 7) is 3.73. The fraction of sp³-hybridized carbons (Fsp3) is 0.250. The first-order valence-electron chi connectivity index (χ1n) is 9.29. The maximum atomic E-state index is 9.66. The summed E-state index contributed by atoms with van der Waals surface area (Å²) in [6, 6.07) is 15.7. The number of likely N-dealkylation sites (N-methyl/N-ethyl adjacent to an activating group) is 1. The Morgan fingerprint density at radius 2 is 1.63 bits per heavy atom. The standard InChI is InChI=1S/C24H27NO2/c1-18(19-6-4-5-7-19)24(20-8-12-22(26)13-9-20)21-10-14-23(15-11-21)27-17-16-25(2)3/h4-6,8-15,26H,7,16-17H2,1-3H3/b24-18-. The van der Waals surface area contributed by atoms with E-state index in [0.29, 0.717) is 6.61 Å². The van der Waals surface area contributed by atoms with Gasteiger partial charge in [-0.1, -0.05) is 42.5 Å². The Kier molecular flexibility index (Phi) is 6.15. The highest BCUT2D eigenvalue weighted by Gasteiger charge is 2.13. The van der Waals surface area contributed by atoms with Crippen molar-refractivity contribution in [2.24, 2.45) is 0 Å². The molecular formula is C24H27NO2. The van der Waals surface area contributed by atoms with Gasteiger partial charge < -0.3 is 14.7 Å². The maximum Gasteiger partial charge on any atom is 0.119 e. The van der Waals surface area contributed by atoms with E-state index in [1.165, 1.54) is 16.7 Å². The predicted octanol–water partition coefficient (Wildman–Crippen LogP) is 5.04. The van der Waals surface area contributed by atoms with Crippen molar-refractivity contribution in [1.29, 1.82) is 0 Å². The minimum absolute atomic E-state index is 0.280. The number of ether oxygens (including phenoxy) is 1. The van der Waals surface area contributed by atoms with Crippen LogP contribution in [0.5, 0.6) is 11.5 Å². The normalized spacial score (nSPS) is 14.3. The van der Waals surface area contributed by atoms with Crippen LogP contribution in [0.15, 0.2) is 77.9 Å². The highest BCUT2D eigenvalue weighted by molar-refractivity contribution is 5.85. The van der Waals surface area contributed by atoms with Crippen molar-refractivity contribution in [3.63, 3.8) is 0 Å². The van der Waals surface area contributed by atoms with Crippen molar-refractivity contribution in [1.82, 2.24) is 4.90 Å². The average Bonchev–Trinajstić information content (AvgIpc) is 3.19. The van der Waals surface area contributed by atoms with Gasteiger partial charge in [0.05, 0.1) is 0 Å². The van der Waals surface area contributed by atoms with Crippen molar-refractivity contribution in [3.05, 3.63) is 89.0 Å². The molecule has 0 heterocycles. The minimum atomic E-state index is 0.280. The highest BCUT2D eigenvalue weighted by Crippen LogP contribution is 2.34. The first-order valence-corrected chi connectivity index (χ1v) is 9.29. The third kappa shape index (κ3) is 4.89. The Hall–Kier alpha value is -2.78. The molecule has 0 spiro atoms. The van der Waals surface area contributed by atoms with E-state index in [-0.39, 0.29) is 5.75 Å². The second-order valence-electron chi connectivity index (χ2n) is 7.05. The smallest absolute Gasteiger partial charge is 0.119 e. The van der Waals surface area contributed by atoms with Gasteiger partial charge in [0.25, 0.3) is 0 Å². The van der Waals surface area contributed by atoms with Gasteiger partial charge >= 0.3 is 0 Å². The van der Waals surface area contributed by atoms with Gasteiger partial charge in [-0.15, -0.1) is 0 Å². The zero-order chi connectivity index (χ0) is 19.2. The van der Waals surface area contributed by atoms with Crippen LogP contribution in [0.1, 0.15) is 24.5 Å². The molecular weight excluding hydrogens is 334 g/mol. The zero-order valence-corrected chi connectivity index (χ0v) is 16.3. The molecule has 0 unspecified atom stereocenters. The topological polar surface area (TPSA) is 32.7 Å². The summed E-state index contributed by atoms with van der Waals surface area (Å²) in [6.07, 6.45) is 7.41. The summed E-state index contributed by atoms with van der Waals surface area (Å²) < 4.78 is 5.82. The first-order chi connectivity index (χ1) is 13.0. The molecule has 0 atom stereocenters. The van der Waals surface area contributed by atoms with Crippen LogP contribution < -0.4 is 4.74 Å². The summed E-state index contributed by atoms with van der Waals surface area (Å²) in [5, 5.41) is 9.66. The summed E-state index contributed by atoms with van der Waals surface area (Å²) in [5.74, 6) is 1.16. The van der Waals surface area contributed by atoms with Gasteiger partial charge in [-0.25, -0.2) is 0 Å². The van der Waals surface area contributed by atoms with Gasteiger partial charge in [0.2, 0.25) is 0 Å². The van der Waals surface area contributed by atoms with Crippen LogP contribution in [0.2, 0.25) is 0 Å². The molecule has 3 nitrogen and oxygen atoms in total. The lowest BCUT2D eigenvalue weighted by Gasteiger charge is -2.16. The SMILES string of the molecule is C/C(C1=CC=CC1)=C(\c1ccc(O)cc1)c1ccc(OCCN(C)C)cc1. The van der Waals surface area contributed by atoms with E-state index >= 15 is 0 Å². The van der Waals surface area contributed by atoms with Crippen LogP contribution in [-0.2, 0) is 0 Å². The molecule has 27 heavy (non-hydrogen) atoms. The van der Waals surface area contributed by atoms with E-state index in [0.717, 1.165) is 29.8 Å². The molecule has 0 fully saturated rings. The van der Waals surface area contributed by atoms with E-state index < -0.39 is 0 Å². The Bertz CT molecular complexity index is 856. The number of phenols is 1. The molecule has 0 amide bonds. The summed E-state index contributed by atoms with van der Waals surface area (Å²) in [7, 11) is 4.08.